The Bertz CT molecular complexity index is 389. The van der Waals surface area contributed by atoms with Crippen molar-refractivity contribution in [2.75, 3.05) is 26.2 Å². The minimum atomic E-state index is 0.418. The van der Waals surface area contributed by atoms with Gasteiger partial charge in [0.2, 0.25) is 0 Å². The second-order valence-corrected chi connectivity index (χ2v) is 5.60. The normalized spacial score (nSPS) is 18.8. The molecule has 0 aromatic heterocycles. The molecule has 1 aromatic carbocycles. The molecule has 4 heteroatoms. The SMILES string of the molecule is CCC[C@@H](c1ccc(Cl)cc1Cl)N1CCNCC1. The number of nitrogens with zero attached hydrogens (tertiary/aromatic N) is 1. The predicted molar refractivity (Wildman–Crippen MR) is 78.6 cm³/mol. The highest BCUT2D eigenvalue weighted by Gasteiger charge is 2.23. The van der Waals surface area contributed by atoms with E-state index in [2.05, 4.69) is 23.2 Å². The van der Waals surface area contributed by atoms with E-state index in [1.165, 1.54) is 5.56 Å². The van der Waals surface area contributed by atoms with Gasteiger partial charge in [0.25, 0.3) is 0 Å². The first kappa shape index (κ1) is 14.1. The van der Waals surface area contributed by atoms with Crippen LogP contribution in [0.3, 0.4) is 0 Å². The van der Waals surface area contributed by atoms with Crippen LogP contribution in [0.5, 0.6) is 0 Å². The van der Waals surface area contributed by atoms with Gasteiger partial charge >= 0.3 is 0 Å². The Morgan fingerprint density at radius 1 is 1.28 bits per heavy atom. The van der Waals surface area contributed by atoms with Crippen molar-refractivity contribution in [1.82, 2.24) is 10.2 Å². The van der Waals surface area contributed by atoms with Gasteiger partial charge in [-0.1, -0.05) is 42.6 Å². The van der Waals surface area contributed by atoms with Crippen molar-refractivity contribution in [1.29, 1.82) is 0 Å². The topological polar surface area (TPSA) is 15.3 Å². The molecule has 1 atom stereocenters. The highest BCUT2D eigenvalue weighted by molar-refractivity contribution is 6.35. The Morgan fingerprint density at radius 2 is 2.00 bits per heavy atom. The zero-order valence-electron chi connectivity index (χ0n) is 10.8. The van der Waals surface area contributed by atoms with Crippen LogP contribution in [0.1, 0.15) is 31.4 Å². The largest absolute Gasteiger partial charge is 0.314 e. The minimum absolute atomic E-state index is 0.418. The van der Waals surface area contributed by atoms with Crippen LogP contribution in [-0.4, -0.2) is 31.1 Å². The molecular formula is C14H20Cl2N2. The standard InChI is InChI=1S/C14H20Cl2N2/c1-2-3-14(18-8-6-17-7-9-18)12-5-4-11(15)10-13(12)16/h4-5,10,14,17H,2-3,6-9H2,1H3/t14-/m0/s1. The van der Waals surface area contributed by atoms with Crippen molar-refractivity contribution in [2.24, 2.45) is 0 Å². The summed E-state index contributed by atoms with van der Waals surface area (Å²) in [6.45, 7) is 6.52. The van der Waals surface area contributed by atoms with E-state index in [-0.39, 0.29) is 0 Å². The van der Waals surface area contributed by atoms with Gasteiger partial charge in [0.1, 0.15) is 0 Å². The Hall–Kier alpha value is -0.280. The first-order valence-electron chi connectivity index (χ1n) is 6.62. The van der Waals surface area contributed by atoms with Crippen LogP contribution in [0.4, 0.5) is 0 Å². The highest BCUT2D eigenvalue weighted by Crippen LogP contribution is 2.33. The monoisotopic (exact) mass is 286 g/mol. The maximum atomic E-state index is 6.35. The first-order valence-corrected chi connectivity index (χ1v) is 7.37. The van der Waals surface area contributed by atoms with Gasteiger partial charge in [-0.2, -0.15) is 0 Å². The summed E-state index contributed by atoms with van der Waals surface area (Å²) < 4.78 is 0. The van der Waals surface area contributed by atoms with Crippen molar-refractivity contribution >= 4 is 23.2 Å². The molecule has 2 nitrogen and oxygen atoms in total. The van der Waals surface area contributed by atoms with Gasteiger partial charge in [-0.25, -0.2) is 0 Å². The molecule has 0 aliphatic carbocycles. The van der Waals surface area contributed by atoms with Crippen LogP contribution in [0.2, 0.25) is 10.0 Å². The molecule has 0 saturated carbocycles. The minimum Gasteiger partial charge on any atom is -0.314 e. The molecule has 0 spiro atoms. The van der Waals surface area contributed by atoms with E-state index in [0.29, 0.717) is 11.1 Å². The molecule has 1 aromatic rings. The molecule has 1 heterocycles. The summed E-state index contributed by atoms with van der Waals surface area (Å²) in [5, 5.41) is 4.89. The molecule has 1 N–H and O–H groups in total. The molecule has 1 fully saturated rings. The fourth-order valence-electron chi connectivity index (χ4n) is 2.57. The van der Waals surface area contributed by atoms with Crippen LogP contribution in [0, 0.1) is 0 Å². The molecule has 0 bridgehead atoms. The number of hydrogen-bond acceptors (Lipinski definition) is 2. The molecule has 18 heavy (non-hydrogen) atoms. The fraction of sp³-hybridized carbons (Fsp3) is 0.571. The molecule has 0 unspecified atom stereocenters. The number of piperazine rings is 1. The molecule has 2 rings (SSSR count). The zero-order chi connectivity index (χ0) is 13.0. The van der Waals surface area contributed by atoms with Crippen LogP contribution in [0.25, 0.3) is 0 Å². The summed E-state index contributed by atoms with van der Waals surface area (Å²) in [5.74, 6) is 0. The van der Waals surface area contributed by atoms with E-state index in [0.717, 1.165) is 44.0 Å². The average molecular weight is 287 g/mol. The van der Waals surface area contributed by atoms with Crippen LogP contribution >= 0.6 is 23.2 Å². The lowest BCUT2D eigenvalue weighted by Gasteiger charge is -2.35. The number of nitrogens with one attached hydrogen (secondary N) is 1. The molecule has 100 valence electrons. The second-order valence-electron chi connectivity index (χ2n) is 4.76. The number of benzene rings is 1. The maximum absolute atomic E-state index is 6.35. The second kappa shape index (κ2) is 6.76. The fourth-order valence-corrected chi connectivity index (χ4v) is 3.11. The van der Waals surface area contributed by atoms with E-state index >= 15 is 0 Å². The number of hydrogen-bond donors (Lipinski definition) is 1. The van der Waals surface area contributed by atoms with E-state index in [4.69, 9.17) is 23.2 Å². The first-order chi connectivity index (χ1) is 8.72. The Labute approximate surface area is 119 Å². The van der Waals surface area contributed by atoms with Gasteiger partial charge < -0.3 is 5.32 Å². The Kier molecular flexibility index (Phi) is 5.31. The zero-order valence-corrected chi connectivity index (χ0v) is 12.3. The summed E-state index contributed by atoms with van der Waals surface area (Å²) in [6, 6.07) is 6.28. The summed E-state index contributed by atoms with van der Waals surface area (Å²) in [5.41, 5.74) is 1.21. The van der Waals surface area contributed by atoms with E-state index in [9.17, 15) is 0 Å². The molecule has 1 aliphatic heterocycles. The maximum Gasteiger partial charge on any atom is 0.0468 e. The van der Waals surface area contributed by atoms with Crippen molar-refractivity contribution in [3.63, 3.8) is 0 Å². The Morgan fingerprint density at radius 3 is 2.61 bits per heavy atom. The third-order valence-corrected chi connectivity index (χ3v) is 4.04. The van der Waals surface area contributed by atoms with Crippen LogP contribution < -0.4 is 5.32 Å². The predicted octanol–water partition coefficient (Wildman–Crippen LogP) is 3.74. The lowest BCUT2D eigenvalue weighted by atomic mass is 10.00. The van der Waals surface area contributed by atoms with Crippen LogP contribution in [-0.2, 0) is 0 Å². The third kappa shape index (κ3) is 3.39. The van der Waals surface area contributed by atoms with Crippen molar-refractivity contribution in [3.05, 3.63) is 33.8 Å². The highest BCUT2D eigenvalue weighted by atomic mass is 35.5. The lowest BCUT2D eigenvalue weighted by Crippen LogP contribution is -2.45. The van der Waals surface area contributed by atoms with Crippen molar-refractivity contribution in [3.8, 4) is 0 Å². The smallest absolute Gasteiger partial charge is 0.0468 e. The molecule has 0 radical (unpaired) electrons. The van der Waals surface area contributed by atoms with Gasteiger partial charge in [0.15, 0.2) is 0 Å². The summed E-state index contributed by atoms with van der Waals surface area (Å²) in [6.07, 6.45) is 2.30. The van der Waals surface area contributed by atoms with Gasteiger partial charge in [0.05, 0.1) is 0 Å². The quantitative estimate of drug-likeness (QED) is 0.907. The molecule has 1 saturated heterocycles. The summed E-state index contributed by atoms with van der Waals surface area (Å²) >= 11 is 12.3. The van der Waals surface area contributed by atoms with Gasteiger partial charge in [-0.15, -0.1) is 0 Å². The van der Waals surface area contributed by atoms with Gasteiger partial charge in [-0.05, 0) is 24.1 Å². The van der Waals surface area contributed by atoms with E-state index < -0.39 is 0 Å². The van der Waals surface area contributed by atoms with Crippen molar-refractivity contribution < 1.29 is 0 Å². The van der Waals surface area contributed by atoms with E-state index in [1.54, 1.807) is 0 Å². The van der Waals surface area contributed by atoms with Crippen molar-refractivity contribution in [2.45, 2.75) is 25.8 Å². The summed E-state index contributed by atoms with van der Waals surface area (Å²) in [4.78, 5) is 2.52. The van der Waals surface area contributed by atoms with Gasteiger partial charge in [-0.3, -0.25) is 4.90 Å². The lowest BCUT2D eigenvalue weighted by molar-refractivity contribution is 0.164. The molecular weight excluding hydrogens is 267 g/mol. The number of halogens is 2. The van der Waals surface area contributed by atoms with E-state index in [1.807, 2.05) is 12.1 Å². The summed E-state index contributed by atoms with van der Waals surface area (Å²) in [7, 11) is 0. The number of rotatable bonds is 4. The molecule has 1 aliphatic rings. The van der Waals surface area contributed by atoms with Gasteiger partial charge in [0, 0.05) is 42.3 Å². The van der Waals surface area contributed by atoms with Crippen LogP contribution in [0.15, 0.2) is 18.2 Å². The Balaban J connectivity index is 2.22. The molecule has 0 amide bonds. The average Bonchev–Trinajstić information content (AvgIpc) is 2.38. The third-order valence-electron chi connectivity index (χ3n) is 3.48.